The zero-order valence-corrected chi connectivity index (χ0v) is 10.2. The number of fused-ring (bicyclic) bond motifs is 1. The Labute approximate surface area is 102 Å². The Morgan fingerprint density at radius 3 is 2.81 bits per heavy atom. The van der Waals surface area contributed by atoms with Gasteiger partial charge in [0.05, 0.1) is 11.3 Å². The molecule has 4 heteroatoms. The van der Waals surface area contributed by atoms with E-state index in [1.54, 1.807) is 24.3 Å². The standard InChI is InChI=1S/C12H10BrNO2/c1-2-3-6-14-10-7-8(13)4-5-9(10)11(15)12(14)16/h2,4-5,7H,1,3,6H2. The molecule has 0 fully saturated rings. The molecule has 0 saturated heterocycles. The minimum Gasteiger partial charge on any atom is -0.304 e. The molecule has 82 valence electrons. The number of carbonyl (C=O) groups is 2. The number of ketones is 1. The summed E-state index contributed by atoms with van der Waals surface area (Å²) in [6.07, 6.45) is 2.40. The van der Waals surface area contributed by atoms with Gasteiger partial charge in [-0.15, -0.1) is 6.58 Å². The van der Waals surface area contributed by atoms with Gasteiger partial charge in [0, 0.05) is 11.0 Å². The second-order valence-corrected chi connectivity index (χ2v) is 4.44. The quantitative estimate of drug-likeness (QED) is 0.630. The van der Waals surface area contributed by atoms with Crippen LogP contribution in [0.4, 0.5) is 5.69 Å². The van der Waals surface area contributed by atoms with Gasteiger partial charge < -0.3 is 4.90 Å². The Hall–Kier alpha value is -1.42. The lowest BCUT2D eigenvalue weighted by molar-refractivity contribution is -0.114. The van der Waals surface area contributed by atoms with Gasteiger partial charge in [0.1, 0.15) is 0 Å². The molecule has 1 aliphatic heterocycles. The van der Waals surface area contributed by atoms with Gasteiger partial charge in [-0.05, 0) is 24.6 Å². The molecule has 1 aromatic carbocycles. The van der Waals surface area contributed by atoms with Crippen molar-refractivity contribution in [2.75, 3.05) is 11.4 Å². The second kappa shape index (κ2) is 4.22. The van der Waals surface area contributed by atoms with Crippen molar-refractivity contribution in [3.8, 4) is 0 Å². The van der Waals surface area contributed by atoms with Crippen LogP contribution in [0.25, 0.3) is 0 Å². The van der Waals surface area contributed by atoms with Gasteiger partial charge >= 0.3 is 0 Å². The molecule has 0 unspecified atom stereocenters. The van der Waals surface area contributed by atoms with Gasteiger partial charge in [-0.1, -0.05) is 22.0 Å². The molecule has 0 saturated carbocycles. The molecule has 0 bridgehead atoms. The number of anilines is 1. The molecule has 2 rings (SSSR count). The van der Waals surface area contributed by atoms with Gasteiger partial charge in [-0.25, -0.2) is 0 Å². The van der Waals surface area contributed by atoms with Crippen LogP contribution in [-0.4, -0.2) is 18.2 Å². The number of amides is 1. The monoisotopic (exact) mass is 279 g/mol. The van der Waals surface area contributed by atoms with Crippen molar-refractivity contribution < 1.29 is 9.59 Å². The lowest BCUT2D eigenvalue weighted by atomic mass is 10.1. The van der Waals surface area contributed by atoms with Gasteiger partial charge in [0.25, 0.3) is 11.7 Å². The summed E-state index contributed by atoms with van der Waals surface area (Å²) in [4.78, 5) is 24.9. The Bertz CT molecular complexity index is 482. The maximum absolute atomic E-state index is 11.7. The maximum atomic E-state index is 11.7. The van der Waals surface area contributed by atoms with E-state index in [9.17, 15) is 9.59 Å². The summed E-state index contributed by atoms with van der Waals surface area (Å²) >= 11 is 3.33. The van der Waals surface area contributed by atoms with E-state index in [1.807, 2.05) is 0 Å². The SMILES string of the molecule is C=CCCN1C(=O)C(=O)c2ccc(Br)cc21. The first kappa shape index (κ1) is 11.1. The summed E-state index contributed by atoms with van der Waals surface area (Å²) in [6, 6.07) is 5.23. The van der Waals surface area contributed by atoms with Crippen LogP contribution in [0.5, 0.6) is 0 Å². The highest BCUT2D eigenvalue weighted by Crippen LogP contribution is 2.31. The zero-order chi connectivity index (χ0) is 11.7. The lowest BCUT2D eigenvalue weighted by Crippen LogP contribution is -2.30. The number of Topliss-reactive ketones (excluding diaryl/α,β-unsaturated/α-hetero) is 1. The van der Waals surface area contributed by atoms with Crippen LogP contribution in [0.15, 0.2) is 35.3 Å². The molecule has 1 aliphatic rings. The first-order valence-corrected chi connectivity index (χ1v) is 5.71. The summed E-state index contributed by atoms with van der Waals surface area (Å²) in [5, 5.41) is 0. The molecule has 0 aliphatic carbocycles. The van der Waals surface area contributed by atoms with Crippen molar-refractivity contribution in [3.63, 3.8) is 0 Å². The van der Waals surface area contributed by atoms with Crippen LogP contribution in [0.3, 0.4) is 0 Å². The van der Waals surface area contributed by atoms with E-state index in [0.29, 0.717) is 24.2 Å². The van der Waals surface area contributed by atoms with E-state index < -0.39 is 11.7 Å². The minimum atomic E-state index is -0.449. The second-order valence-electron chi connectivity index (χ2n) is 3.52. The van der Waals surface area contributed by atoms with Crippen LogP contribution in [0.1, 0.15) is 16.8 Å². The summed E-state index contributed by atoms with van der Waals surface area (Å²) in [5.41, 5.74) is 1.17. The zero-order valence-electron chi connectivity index (χ0n) is 8.57. The highest BCUT2D eigenvalue weighted by molar-refractivity contribution is 9.10. The third kappa shape index (κ3) is 1.69. The lowest BCUT2D eigenvalue weighted by Gasteiger charge is -2.15. The minimum absolute atomic E-state index is 0.424. The van der Waals surface area contributed by atoms with Gasteiger partial charge in [-0.2, -0.15) is 0 Å². The Morgan fingerprint density at radius 1 is 1.38 bits per heavy atom. The maximum Gasteiger partial charge on any atom is 0.299 e. The fourth-order valence-electron chi connectivity index (χ4n) is 1.71. The normalized spacial score (nSPS) is 14.2. The highest BCUT2D eigenvalue weighted by atomic mass is 79.9. The molecule has 0 aromatic heterocycles. The Morgan fingerprint density at radius 2 is 2.12 bits per heavy atom. The number of nitrogens with zero attached hydrogens (tertiary/aromatic N) is 1. The van der Waals surface area contributed by atoms with Crippen molar-refractivity contribution in [2.24, 2.45) is 0 Å². The van der Waals surface area contributed by atoms with Crippen LogP contribution in [0, 0.1) is 0 Å². The summed E-state index contributed by atoms with van der Waals surface area (Å²) in [6.45, 7) is 4.10. The fourth-order valence-corrected chi connectivity index (χ4v) is 2.06. The predicted molar refractivity (Wildman–Crippen MR) is 65.6 cm³/mol. The molecule has 0 radical (unpaired) electrons. The molecule has 0 N–H and O–H groups in total. The molecule has 0 spiro atoms. The first-order valence-electron chi connectivity index (χ1n) is 4.92. The van der Waals surface area contributed by atoms with Gasteiger partial charge in [0.15, 0.2) is 0 Å². The number of halogens is 1. The molecule has 16 heavy (non-hydrogen) atoms. The molecule has 0 atom stereocenters. The average Bonchev–Trinajstić information content (AvgIpc) is 2.50. The van der Waals surface area contributed by atoms with Crippen molar-refractivity contribution in [2.45, 2.75) is 6.42 Å². The van der Waals surface area contributed by atoms with E-state index >= 15 is 0 Å². The van der Waals surface area contributed by atoms with Crippen LogP contribution < -0.4 is 4.90 Å². The number of rotatable bonds is 3. The smallest absolute Gasteiger partial charge is 0.299 e. The van der Waals surface area contributed by atoms with E-state index in [-0.39, 0.29) is 0 Å². The number of benzene rings is 1. The van der Waals surface area contributed by atoms with E-state index in [0.717, 1.165) is 4.47 Å². The molecule has 1 aromatic rings. The third-order valence-electron chi connectivity index (χ3n) is 2.49. The molecule has 3 nitrogen and oxygen atoms in total. The van der Waals surface area contributed by atoms with E-state index in [1.165, 1.54) is 4.90 Å². The third-order valence-corrected chi connectivity index (χ3v) is 2.98. The number of carbonyl (C=O) groups excluding carboxylic acids is 2. The first-order chi connectivity index (χ1) is 7.65. The van der Waals surface area contributed by atoms with Crippen LogP contribution >= 0.6 is 15.9 Å². The number of hydrogen-bond acceptors (Lipinski definition) is 2. The Kier molecular flexibility index (Phi) is 2.92. The predicted octanol–water partition coefficient (Wildman–Crippen LogP) is 2.55. The Balaban J connectivity index is 2.42. The number of hydrogen-bond donors (Lipinski definition) is 0. The van der Waals surface area contributed by atoms with Crippen molar-refractivity contribution in [1.29, 1.82) is 0 Å². The topological polar surface area (TPSA) is 37.4 Å². The van der Waals surface area contributed by atoms with E-state index in [2.05, 4.69) is 22.5 Å². The average molecular weight is 280 g/mol. The van der Waals surface area contributed by atoms with Gasteiger partial charge in [-0.3, -0.25) is 9.59 Å². The van der Waals surface area contributed by atoms with Crippen LogP contribution in [0.2, 0.25) is 0 Å². The van der Waals surface area contributed by atoms with Gasteiger partial charge in [0.2, 0.25) is 0 Å². The van der Waals surface area contributed by atoms with E-state index in [4.69, 9.17) is 0 Å². The molecular weight excluding hydrogens is 270 g/mol. The fraction of sp³-hybridized carbons (Fsp3) is 0.167. The van der Waals surface area contributed by atoms with Crippen molar-refractivity contribution in [1.82, 2.24) is 0 Å². The molecule has 1 heterocycles. The highest BCUT2D eigenvalue weighted by Gasteiger charge is 2.35. The summed E-state index contributed by atoms with van der Waals surface area (Å²) in [7, 11) is 0. The molecular formula is C12H10BrNO2. The summed E-state index contributed by atoms with van der Waals surface area (Å²) < 4.78 is 0.859. The largest absolute Gasteiger partial charge is 0.304 e. The summed E-state index contributed by atoms with van der Waals surface area (Å²) in [5.74, 6) is -0.874. The molecule has 1 amide bonds. The van der Waals surface area contributed by atoms with Crippen LogP contribution in [-0.2, 0) is 4.79 Å². The van der Waals surface area contributed by atoms with Crippen molar-refractivity contribution >= 4 is 33.3 Å². The van der Waals surface area contributed by atoms with Crippen molar-refractivity contribution in [3.05, 3.63) is 40.9 Å².